The summed E-state index contributed by atoms with van der Waals surface area (Å²) in [5.41, 5.74) is 0.414. The fourth-order valence-electron chi connectivity index (χ4n) is 5.51. The number of nitriles is 2. The van der Waals surface area contributed by atoms with Gasteiger partial charge in [-0.05, 0) is 55.5 Å². The van der Waals surface area contributed by atoms with E-state index in [4.69, 9.17) is 4.74 Å². The number of nitrogens with one attached hydrogen (secondary N) is 2. The first-order valence-corrected chi connectivity index (χ1v) is 13.9. The molecule has 0 bridgehead atoms. The number of pyridine rings is 1. The van der Waals surface area contributed by atoms with Gasteiger partial charge in [0.2, 0.25) is 0 Å². The average molecular weight is 592 g/mol. The highest BCUT2D eigenvalue weighted by molar-refractivity contribution is 6.08. The van der Waals surface area contributed by atoms with Crippen LogP contribution in [0.15, 0.2) is 42.6 Å². The maximum Gasteiger partial charge on any atom is 0.422 e. The minimum atomic E-state index is -4.45. The van der Waals surface area contributed by atoms with Gasteiger partial charge in [-0.1, -0.05) is 31.4 Å². The molecule has 1 aromatic carbocycles. The van der Waals surface area contributed by atoms with Gasteiger partial charge < -0.3 is 15.4 Å². The Morgan fingerprint density at radius 2 is 1.98 bits per heavy atom. The first-order chi connectivity index (χ1) is 20.6. The predicted octanol–water partition coefficient (Wildman–Crippen LogP) is 4.32. The molecule has 1 aliphatic carbocycles. The Kier molecular flexibility index (Phi) is 8.35. The molecule has 1 fully saturated rings. The van der Waals surface area contributed by atoms with Crippen LogP contribution in [-0.4, -0.2) is 50.9 Å². The lowest BCUT2D eigenvalue weighted by atomic mass is 9.82. The van der Waals surface area contributed by atoms with Gasteiger partial charge in [-0.25, -0.2) is 9.67 Å². The number of aryl methyl sites for hydroxylation is 1. The number of carbonyl (C=O) groups is 2. The number of alkyl halides is 3. The van der Waals surface area contributed by atoms with E-state index in [2.05, 4.69) is 26.8 Å². The molecule has 0 spiro atoms. The normalized spacial score (nSPS) is 17.6. The van der Waals surface area contributed by atoms with Gasteiger partial charge in [0.15, 0.2) is 12.4 Å². The lowest BCUT2D eigenvalue weighted by molar-refractivity contribution is -0.153. The highest BCUT2D eigenvalue weighted by Gasteiger charge is 2.39. The number of hydrogen-bond acceptors (Lipinski definition) is 7. The van der Waals surface area contributed by atoms with E-state index in [-0.39, 0.29) is 35.3 Å². The number of aromatic nitrogens is 3. The second-order valence-electron chi connectivity index (χ2n) is 10.8. The number of nitrogens with zero attached hydrogens (tertiary/aromatic N) is 5. The van der Waals surface area contributed by atoms with E-state index in [1.54, 1.807) is 12.1 Å². The van der Waals surface area contributed by atoms with Crippen LogP contribution in [0.25, 0.3) is 5.82 Å². The second kappa shape index (κ2) is 12.1. The molecule has 3 aromatic rings. The minimum absolute atomic E-state index is 0.0436. The van der Waals surface area contributed by atoms with Crippen molar-refractivity contribution in [3.05, 3.63) is 70.7 Å². The lowest BCUT2D eigenvalue weighted by Gasteiger charge is -2.31. The number of rotatable bonds is 8. The van der Waals surface area contributed by atoms with Gasteiger partial charge in [-0.2, -0.15) is 28.8 Å². The molecular weight excluding hydrogens is 563 g/mol. The highest BCUT2D eigenvalue weighted by atomic mass is 19.4. The molecule has 2 amide bonds. The molecule has 1 atom stereocenters. The fourth-order valence-corrected chi connectivity index (χ4v) is 5.51. The van der Waals surface area contributed by atoms with Crippen LogP contribution in [-0.2, 0) is 12.8 Å². The summed E-state index contributed by atoms with van der Waals surface area (Å²) >= 11 is 0. The summed E-state index contributed by atoms with van der Waals surface area (Å²) in [7, 11) is 0. The Morgan fingerprint density at radius 3 is 2.65 bits per heavy atom. The van der Waals surface area contributed by atoms with Crippen LogP contribution in [0.1, 0.15) is 76.2 Å². The summed E-state index contributed by atoms with van der Waals surface area (Å²) in [5, 5.41) is 29.5. The molecular formula is C30H28F3N7O3. The summed E-state index contributed by atoms with van der Waals surface area (Å²) in [4.78, 5) is 31.5. The number of amides is 2. The summed E-state index contributed by atoms with van der Waals surface area (Å²) in [6, 6.07) is 13.3. The van der Waals surface area contributed by atoms with Crippen molar-refractivity contribution in [3.8, 4) is 23.7 Å². The van der Waals surface area contributed by atoms with E-state index < -0.39 is 30.1 Å². The quantitative estimate of drug-likeness (QED) is 0.397. The number of hydrogen-bond donors (Lipinski definition) is 2. The van der Waals surface area contributed by atoms with E-state index in [1.807, 2.05) is 6.07 Å². The minimum Gasteiger partial charge on any atom is -0.484 e. The molecule has 43 heavy (non-hydrogen) atoms. The van der Waals surface area contributed by atoms with Gasteiger partial charge in [0.05, 0.1) is 22.9 Å². The third-order valence-electron chi connectivity index (χ3n) is 7.63. The van der Waals surface area contributed by atoms with E-state index in [9.17, 15) is 33.3 Å². The van der Waals surface area contributed by atoms with E-state index >= 15 is 0 Å². The molecule has 3 heterocycles. The number of ether oxygens (including phenoxy) is 1. The van der Waals surface area contributed by atoms with Gasteiger partial charge in [0.1, 0.15) is 23.1 Å². The molecule has 1 saturated carbocycles. The van der Waals surface area contributed by atoms with Crippen LogP contribution in [0, 0.1) is 22.7 Å². The highest BCUT2D eigenvalue weighted by Crippen LogP contribution is 2.30. The molecule has 0 saturated heterocycles. The van der Waals surface area contributed by atoms with Crippen LogP contribution in [0.3, 0.4) is 0 Å². The maximum absolute atomic E-state index is 13.7. The Morgan fingerprint density at radius 1 is 1.19 bits per heavy atom. The van der Waals surface area contributed by atoms with Gasteiger partial charge in [-0.3, -0.25) is 9.59 Å². The van der Waals surface area contributed by atoms with Gasteiger partial charge in [-0.15, -0.1) is 0 Å². The fraction of sp³-hybridized carbons (Fsp3) is 0.400. The van der Waals surface area contributed by atoms with Gasteiger partial charge >= 0.3 is 6.18 Å². The topological polar surface area (TPSA) is 146 Å². The Hall–Kier alpha value is -4.91. The SMILES string of the molecule is N#Cc1ccc(-n2nc3c(c2C(=O)NC2(C#N)CCCCC2)C(=O)NC(CCc2cccc(OCC(F)(F)F)c2)C3)nc1. The zero-order valence-electron chi connectivity index (χ0n) is 23.1. The van der Waals surface area contributed by atoms with Crippen LogP contribution < -0.4 is 15.4 Å². The van der Waals surface area contributed by atoms with Crippen molar-refractivity contribution in [1.82, 2.24) is 25.4 Å². The van der Waals surface area contributed by atoms with Crippen LogP contribution in [0.5, 0.6) is 5.75 Å². The molecule has 2 N–H and O–H groups in total. The van der Waals surface area contributed by atoms with Gasteiger partial charge in [0, 0.05) is 18.7 Å². The average Bonchev–Trinajstić information content (AvgIpc) is 3.40. The Labute approximate surface area is 245 Å². The standard InChI is InChI=1S/C30H28F3N7O3/c31-30(32,33)18-43-22-6-4-5-19(13-22)7-9-21-14-23-25(27(41)37-21)26(28(42)38-29(17-35)11-2-1-3-12-29)40(39-23)24-10-8-20(15-34)16-36-24/h4-6,8,10,13,16,21H,1-3,7,9,11-12,14,18H2,(H,37,41)(H,38,42). The second-order valence-corrected chi connectivity index (χ2v) is 10.8. The third-order valence-corrected chi connectivity index (χ3v) is 7.63. The van der Waals surface area contributed by atoms with Crippen molar-refractivity contribution in [2.45, 2.75) is 69.1 Å². The van der Waals surface area contributed by atoms with Crippen LogP contribution >= 0.6 is 0 Å². The molecule has 222 valence electrons. The molecule has 2 aromatic heterocycles. The van der Waals surface area contributed by atoms with Crippen molar-refractivity contribution in [1.29, 1.82) is 10.5 Å². The van der Waals surface area contributed by atoms with Crippen molar-refractivity contribution in [2.24, 2.45) is 0 Å². The third kappa shape index (κ3) is 6.78. The summed E-state index contributed by atoms with van der Waals surface area (Å²) in [6.07, 6.45) is 1.63. The maximum atomic E-state index is 13.7. The molecule has 1 unspecified atom stereocenters. The van der Waals surface area contributed by atoms with Crippen molar-refractivity contribution < 1.29 is 27.5 Å². The number of benzene rings is 1. The van der Waals surface area contributed by atoms with E-state index in [0.717, 1.165) is 24.8 Å². The monoisotopic (exact) mass is 591 g/mol. The summed E-state index contributed by atoms with van der Waals surface area (Å²) in [6.45, 7) is -1.39. The zero-order chi connectivity index (χ0) is 30.6. The number of halogens is 3. The van der Waals surface area contributed by atoms with Crippen LogP contribution in [0.2, 0.25) is 0 Å². The van der Waals surface area contributed by atoms with Crippen molar-refractivity contribution in [3.63, 3.8) is 0 Å². The predicted molar refractivity (Wildman–Crippen MR) is 146 cm³/mol. The molecule has 2 aliphatic rings. The van der Waals surface area contributed by atoms with E-state index in [1.165, 1.54) is 35.1 Å². The molecule has 5 rings (SSSR count). The zero-order valence-corrected chi connectivity index (χ0v) is 23.1. The summed E-state index contributed by atoms with van der Waals surface area (Å²) < 4.78 is 43.7. The smallest absolute Gasteiger partial charge is 0.422 e. The summed E-state index contributed by atoms with van der Waals surface area (Å²) in [5.74, 6) is -0.795. The number of fused-ring (bicyclic) bond motifs is 1. The Bertz CT molecular complexity index is 1600. The molecule has 10 nitrogen and oxygen atoms in total. The van der Waals surface area contributed by atoms with Crippen molar-refractivity contribution >= 4 is 11.8 Å². The molecule has 13 heteroatoms. The van der Waals surface area contributed by atoms with E-state index in [0.29, 0.717) is 36.9 Å². The van der Waals surface area contributed by atoms with Gasteiger partial charge in [0.25, 0.3) is 11.8 Å². The molecule has 1 aliphatic heterocycles. The lowest BCUT2D eigenvalue weighted by Crippen LogP contribution is -2.50. The molecule has 0 radical (unpaired) electrons. The van der Waals surface area contributed by atoms with Crippen molar-refractivity contribution in [2.75, 3.05) is 6.61 Å². The first-order valence-electron chi connectivity index (χ1n) is 13.9. The number of carbonyl (C=O) groups excluding carboxylic acids is 2. The largest absolute Gasteiger partial charge is 0.484 e. The first kappa shape index (κ1) is 29.6. The van der Waals surface area contributed by atoms with Crippen LogP contribution in [0.4, 0.5) is 13.2 Å². The Balaban J connectivity index is 1.39.